The maximum Gasteiger partial charge on any atom is 0.226 e. The van der Waals surface area contributed by atoms with Gasteiger partial charge in [0.1, 0.15) is 0 Å². The molecule has 1 aromatic carbocycles. The molecule has 0 saturated carbocycles. The lowest BCUT2D eigenvalue weighted by Gasteiger charge is -1.96. The highest BCUT2D eigenvalue weighted by molar-refractivity contribution is 9.10. The summed E-state index contributed by atoms with van der Waals surface area (Å²) in [7, 11) is 0. The van der Waals surface area contributed by atoms with Crippen molar-refractivity contribution >= 4 is 32.4 Å². The first kappa shape index (κ1) is 14.2. The molecule has 0 fully saturated rings. The van der Waals surface area contributed by atoms with Gasteiger partial charge >= 0.3 is 0 Å². The standard InChI is InChI=1S/C14H13BrN4OS/c15-11-6-2-1-5-10(11)13-18-12(20-19-13)7-3-4-9-8-21-14(16)17-9/h1-2,5-6,8H,3-4,7H2,(H2,16,17). The number of anilines is 1. The van der Waals surface area contributed by atoms with E-state index in [0.29, 0.717) is 16.8 Å². The van der Waals surface area contributed by atoms with E-state index in [9.17, 15) is 0 Å². The number of aryl methyl sites for hydroxylation is 2. The summed E-state index contributed by atoms with van der Waals surface area (Å²) in [6, 6.07) is 7.81. The highest BCUT2D eigenvalue weighted by Gasteiger charge is 2.11. The van der Waals surface area contributed by atoms with E-state index in [1.807, 2.05) is 29.6 Å². The van der Waals surface area contributed by atoms with Gasteiger partial charge < -0.3 is 10.3 Å². The van der Waals surface area contributed by atoms with Crippen molar-refractivity contribution in [3.05, 3.63) is 45.7 Å². The van der Waals surface area contributed by atoms with E-state index >= 15 is 0 Å². The number of halogens is 1. The minimum absolute atomic E-state index is 0.607. The summed E-state index contributed by atoms with van der Waals surface area (Å²) < 4.78 is 6.25. The van der Waals surface area contributed by atoms with Crippen LogP contribution in [-0.2, 0) is 12.8 Å². The molecule has 3 aromatic rings. The van der Waals surface area contributed by atoms with Crippen molar-refractivity contribution in [1.82, 2.24) is 15.1 Å². The van der Waals surface area contributed by atoms with Crippen LogP contribution in [0.1, 0.15) is 18.0 Å². The number of thiazole rings is 1. The third kappa shape index (κ3) is 3.48. The predicted molar refractivity (Wildman–Crippen MR) is 86.0 cm³/mol. The Kier molecular flexibility index (Phi) is 4.31. The van der Waals surface area contributed by atoms with Crippen LogP contribution in [0.15, 0.2) is 38.6 Å². The van der Waals surface area contributed by atoms with Gasteiger partial charge in [-0.05, 0) is 25.0 Å². The molecule has 0 aliphatic carbocycles. The van der Waals surface area contributed by atoms with Crippen LogP contribution in [0.4, 0.5) is 5.13 Å². The van der Waals surface area contributed by atoms with Crippen LogP contribution in [0.2, 0.25) is 0 Å². The van der Waals surface area contributed by atoms with Crippen LogP contribution in [0, 0.1) is 0 Å². The molecule has 0 aliphatic heterocycles. The lowest BCUT2D eigenvalue weighted by Crippen LogP contribution is -1.92. The predicted octanol–water partition coefficient (Wildman–Crippen LogP) is 3.71. The summed E-state index contributed by atoms with van der Waals surface area (Å²) in [6.07, 6.45) is 2.50. The Bertz CT molecular complexity index is 740. The van der Waals surface area contributed by atoms with Crippen molar-refractivity contribution in [2.24, 2.45) is 0 Å². The van der Waals surface area contributed by atoms with Gasteiger partial charge in [-0.25, -0.2) is 4.98 Å². The maximum absolute atomic E-state index is 5.61. The number of rotatable bonds is 5. The second-order valence-corrected chi connectivity index (χ2v) is 6.27. The van der Waals surface area contributed by atoms with E-state index in [1.54, 1.807) is 0 Å². The summed E-state index contributed by atoms with van der Waals surface area (Å²) >= 11 is 4.95. The number of aromatic nitrogens is 3. The molecule has 3 rings (SSSR count). The maximum atomic E-state index is 5.61. The number of benzene rings is 1. The third-order valence-corrected chi connectivity index (χ3v) is 4.39. The molecule has 0 radical (unpaired) electrons. The van der Waals surface area contributed by atoms with Crippen LogP contribution in [0.5, 0.6) is 0 Å². The van der Waals surface area contributed by atoms with E-state index in [2.05, 4.69) is 31.1 Å². The topological polar surface area (TPSA) is 77.8 Å². The van der Waals surface area contributed by atoms with Crippen molar-refractivity contribution in [3.63, 3.8) is 0 Å². The highest BCUT2D eigenvalue weighted by Crippen LogP contribution is 2.25. The molecule has 2 aromatic heterocycles. The van der Waals surface area contributed by atoms with Gasteiger partial charge in [-0.3, -0.25) is 0 Å². The first-order chi connectivity index (χ1) is 10.2. The minimum Gasteiger partial charge on any atom is -0.375 e. The fraction of sp³-hybridized carbons (Fsp3) is 0.214. The Morgan fingerprint density at radius 3 is 2.81 bits per heavy atom. The van der Waals surface area contributed by atoms with E-state index in [-0.39, 0.29) is 0 Å². The molecule has 21 heavy (non-hydrogen) atoms. The fourth-order valence-electron chi connectivity index (χ4n) is 1.97. The van der Waals surface area contributed by atoms with Gasteiger partial charge in [-0.1, -0.05) is 33.2 Å². The van der Waals surface area contributed by atoms with Crippen molar-refractivity contribution in [2.75, 3.05) is 5.73 Å². The molecule has 0 unspecified atom stereocenters. The van der Waals surface area contributed by atoms with Crippen LogP contribution >= 0.6 is 27.3 Å². The lowest BCUT2D eigenvalue weighted by molar-refractivity contribution is 0.376. The number of nitrogen functional groups attached to an aromatic ring is 1. The van der Waals surface area contributed by atoms with Crippen LogP contribution in [-0.4, -0.2) is 15.1 Å². The van der Waals surface area contributed by atoms with E-state index in [1.165, 1.54) is 11.3 Å². The SMILES string of the molecule is Nc1nc(CCCc2nc(-c3ccccc3Br)no2)cs1. The normalized spacial score (nSPS) is 10.9. The smallest absolute Gasteiger partial charge is 0.226 e. The summed E-state index contributed by atoms with van der Waals surface area (Å²) in [6.45, 7) is 0. The number of nitrogens with zero attached hydrogens (tertiary/aromatic N) is 3. The molecule has 2 N–H and O–H groups in total. The summed E-state index contributed by atoms with van der Waals surface area (Å²) in [4.78, 5) is 8.66. The average molecular weight is 365 g/mol. The van der Waals surface area contributed by atoms with Gasteiger partial charge in [0.05, 0.1) is 5.69 Å². The van der Waals surface area contributed by atoms with Crippen molar-refractivity contribution in [1.29, 1.82) is 0 Å². The summed E-state index contributed by atoms with van der Waals surface area (Å²) in [5, 5.41) is 6.62. The fourth-order valence-corrected chi connectivity index (χ4v) is 3.03. The minimum atomic E-state index is 0.607. The molecule has 0 amide bonds. The van der Waals surface area contributed by atoms with Crippen molar-refractivity contribution < 1.29 is 4.52 Å². The van der Waals surface area contributed by atoms with Crippen molar-refractivity contribution in [3.8, 4) is 11.4 Å². The molecular formula is C14H13BrN4OS. The van der Waals surface area contributed by atoms with Crippen LogP contribution < -0.4 is 5.73 Å². The molecule has 5 nitrogen and oxygen atoms in total. The second kappa shape index (κ2) is 6.36. The largest absolute Gasteiger partial charge is 0.375 e. The van der Waals surface area contributed by atoms with Crippen molar-refractivity contribution in [2.45, 2.75) is 19.3 Å². The molecular weight excluding hydrogens is 352 g/mol. The second-order valence-electron chi connectivity index (χ2n) is 4.52. The number of nitrogens with two attached hydrogens (primary N) is 1. The van der Waals surface area contributed by atoms with E-state index in [4.69, 9.17) is 10.3 Å². The van der Waals surface area contributed by atoms with Gasteiger partial charge in [0.25, 0.3) is 0 Å². The zero-order valence-corrected chi connectivity index (χ0v) is 13.5. The Morgan fingerprint density at radius 1 is 1.19 bits per heavy atom. The molecule has 108 valence electrons. The Hall–Kier alpha value is -1.73. The van der Waals surface area contributed by atoms with Gasteiger partial charge in [0.2, 0.25) is 11.7 Å². The summed E-state index contributed by atoms with van der Waals surface area (Å²) in [5.41, 5.74) is 7.55. The molecule has 0 aliphatic rings. The molecule has 0 spiro atoms. The molecule has 2 heterocycles. The summed E-state index contributed by atoms with van der Waals surface area (Å²) in [5.74, 6) is 1.25. The zero-order valence-electron chi connectivity index (χ0n) is 11.1. The van der Waals surface area contributed by atoms with Crippen LogP contribution in [0.3, 0.4) is 0 Å². The first-order valence-corrected chi connectivity index (χ1v) is 8.17. The van der Waals surface area contributed by atoms with Gasteiger partial charge in [0, 0.05) is 21.8 Å². The zero-order chi connectivity index (χ0) is 14.7. The Morgan fingerprint density at radius 2 is 2.05 bits per heavy atom. The van der Waals surface area contributed by atoms with Gasteiger partial charge in [-0.2, -0.15) is 4.98 Å². The molecule has 0 atom stereocenters. The monoisotopic (exact) mass is 364 g/mol. The lowest BCUT2D eigenvalue weighted by atomic mass is 10.2. The van der Waals surface area contributed by atoms with E-state index < -0.39 is 0 Å². The van der Waals surface area contributed by atoms with Gasteiger partial charge in [-0.15, -0.1) is 11.3 Å². The molecule has 7 heteroatoms. The Labute approximate surface area is 134 Å². The third-order valence-electron chi connectivity index (χ3n) is 2.98. The highest BCUT2D eigenvalue weighted by atomic mass is 79.9. The van der Waals surface area contributed by atoms with E-state index in [0.717, 1.165) is 35.0 Å². The molecule has 0 bridgehead atoms. The Balaban J connectivity index is 1.62. The number of hydrogen-bond donors (Lipinski definition) is 1. The average Bonchev–Trinajstić information content (AvgIpc) is 3.09. The first-order valence-electron chi connectivity index (χ1n) is 6.50. The number of hydrogen-bond acceptors (Lipinski definition) is 6. The van der Waals surface area contributed by atoms with Gasteiger partial charge in [0.15, 0.2) is 5.13 Å². The molecule has 0 saturated heterocycles. The van der Waals surface area contributed by atoms with Crippen LogP contribution in [0.25, 0.3) is 11.4 Å². The quantitative estimate of drug-likeness (QED) is 0.746.